The van der Waals surface area contributed by atoms with Gasteiger partial charge in [0.15, 0.2) is 0 Å². The van der Waals surface area contributed by atoms with Crippen LogP contribution in [0.2, 0.25) is 5.02 Å². The largest absolute Gasteiger partial charge is 0.367 e. The molecule has 0 radical (unpaired) electrons. The van der Waals surface area contributed by atoms with Crippen molar-refractivity contribution in [2.45, 2.75) is 58.8 Å². The lowest BCUT2D eigenvalue weighted by atomic mass is 10.0. The van der Waals surface area contributed by atoms with Gasteiger partial charge >= 0.3 is 0 Å². The van der Waals surface area contributed by atoms with E-state index in [9.17, 15) is 0 Å². The van der Waals surface area contributed by atoms with Gasteiger partial charge in [-0.05, 0) is 59.2 Å². The number of hydrogen-bond acceptors (Lipinski definition) is 2. The summed E-state index contributed by atoms with van der Waals surface area (Å²) in [5.74, 6) is 0. The summed E-state index contributed by atoms with van der Waals surface area (Å²) >= 11 is 5.94. The molecule has 0 aliphatic rings. The first-order chi connectivity index (χ1) is 8.57. The molecule has 0 aliphatic carbocycles. The van der Waals surface area contributed by atoms with Crippen LogP contribution < -0.4 is 5.32 Å². The van der Waals surface area contributed by atoms with Crippen LogP contribution in [0.5, 0.6) is 0 Å². The number of rotatable bonds is 4. The van der Waals surface area contributed by atoms with E-state index in [1.54, 1.807) is 0 Å². The van der Waals surface area contributed by atoms with Crippen LogP contribution in [0, 0.1) is 0 Å². The Kier molecular flexibility index (Phi) is 5.43. The summed E-state index contributed by atoms with van der Waals surface area (Å²) in [6.45, 7) is 13.5. The molecule has 0 bridgehead atoms. The number of ether oxygens (including phenoxy) is 1. The predicted molar refractivity (Wildman–Crippen MR) is 82.8 cm³/mol. The Morgan fingerprint density at radius 3 is 2.00 bits per heavy atom. The summed E-state index contributed by atoms with van der Waals surface area (Å²) in [4.78, 5) is 0. The van der Waals surface area contributed by atoms with Gasteiger partial charge < -0.3 is 10.1 Å². The minimum atomic E-state index is -0.177. The maximum absolute atomic E-state index is 6.15. The summed E-state index contributed by atoms with van der Waals surface area (Å²) in [6.07, 6.45) is 0.0245. The fourth-order valence-corrected chi connectivity index (χ4v) is 1.86. The molecule has 1 aromatic rings. The van der Waals surface area contributed by atoms with Gasteiger partial charge in [-0.1, -0.05) is 23.7 Å². The number of halogens is 1. The molecule has 1 aromatic carbocycles. The van der Waals surface area contributed by atoms with Crippen LogP contribution in [0.25, 0.3) is 0 Å². The molecule has 1 unspecified atom stereocenters. The topological polar surface area (TPSA) is 21.3 Å². The first-order valence-electron chi connectivity index (χ1n) is 6.75. The number of benzene rings is 1. The molecule has 1 rings (SSSR count). The minimum Gasteiger partial charge on any atom is -0.367 e. The SMILES string of the molecule is CC(C)(C)NCC(OC(C)(C)C)c1ccc(Cl)cc1. The van der Waals surface area contributed by atoms with E-state index in [1.807, 2.05) is 24.3 Å². The first-order valence-corrected chi connectivity index (χ1v) is 7.13. The molecule has 0 amide bonds. The van der Waals surface area contributed by atoms with Gasteiger partial charge in [-0.25, -0.2) is 0 Å². The van der Waals surface area contributed by atoms with Crippen LogP contribution in [0.1, 0.15) is 53.2 Å². The van der Waals surface area contributed by atoms with Crippen LogP contribution in [0.15, 0.2) is 24.3 Å². The number of nitrogens with one attached hydrogen (secondary N) is 1. The van der Waals surface area contributed by atoms with Crippen molar-refractivity contribution in [3.8, 4) is 0 Å². The lowest BCUT2D eigenvalue weighted by molar-refractivity contribution is -0.0624. The van der Waals surface area contributed by atoms with Crippen molar-refractivity contribution >= 4 is 11.6 Å². The highest BCUT2D eigenvalue weighted by atomic mass is 35.5. The molecule has 0 aliphatic heterocycles. The first kappa shape index (κ1) is 16.5. The van der Waals surface area contributed by atoms with Crippen molar-refractivity contribution in [3.05, 3.63) is 34.9 Å². The molecule has 0 saturated carbocycles. The molecule has 3 heteroatoms. The van der Waals surface area contributed by atoms with Gasteiger partial charge in [0.1, 0.15) is 0 Å². The normalized spacial score (nSPS) is 14.5. The monoisotopic (exact) mass is 283 g/mol. The van der Waals surface area contributed by atoms with Crippen molar-refractivity contribution in [3.63, 3.8) is 0 Å². The zero-order valence-electron chi connectivity index (χ0n) is 12.9. The molecule has 19 heavy (non-hydrogen) atoms. The Balaban J connectivity index is 2.83. The fraction of sp³-hybridized carbons (Fsp3) is 0.625. The van der Waals surface area contributed by atoms with Crippen LogP contribution in [0.3, 0.4) is 0 Å². The second kappa shape index (κ2) is 6.25. The van der Waals surface area contributed by atoms with E-state index in [1.165, 1.54) is 0 Å². The highest BCUT2D eigenvalue weighted by Gasteiger charge is 2.22. The Bertz CT molecular complexity index is 387. The number of hydrogen-bond donors (Lipinski definition) is 1. The summed E-state index contributed by atoms with van der Waals surface area (Å²) < 4.78 is 6.15. The summed E-state index contributed by atoms with van der Waals surface area (Å²) in [5, 5.41) is 4.25. The van der Waals surface area contributed by atoms with Gasteiger partial charge in [-0.3, -0.25) is 0 Å². The van der Waals surface area contributed by atoms with Gasteiger partial charge in [-0.2, -0.15) is 0 Å². The average Bonchev–Trinajstić information content (AvgIpc) is 2.23. The lowest BCUT2D eigenvalue weighted by Crippen LogP contribution is -2.40. The molecule has 0 fully saturated rings. The Morgan fingerprint density at radius 1 is 1.05 bits per heavy atom. The average molecular weight is 284 g/mol. The molecule has 1 N–H and O–H groups in total. The van der Waals surface area contributed by atoms with Crippen LogP contribution in [-0.4, -0.2) is 17.7 Å². The Morgan fingerprint density at radius 2 is 1.58 bits per heavy atom. The standard InChI is InChI=1S/C16H26ClNO/c1-15(2,3)18-11-14(19-16(4,5)6)12-7-9-13(17)10-8-12/h7-10,14,18H,11H2,1-6H3. The van der Waals surface area contributed by atoms with Crippen LogP contribution in [-0.2, 0) is 4.74 Å². The van der Waals surface area contributed by atoms with E-state index < -0.39 is 0 Å². The molecule has 0 heterocycles. The van der Waals surface area contributed by atoms with E-state index >= 15 is 0 Å². The third-order valence-electron chi connectivity index (χ3n) is 2.56. The molecular weight excluding hydrogens is 258 g/mol. The summed E-state index contributed by atoms with van der Waals surface area (Å²) in [7, 11) is 0. The third kappa shape index (κ3) is 6.95. The van der Waals surface area contributed by atoms with Gasteiger partial charge in [0.25, 0.3) is 0 Å². The lowest BCUT2D eigenvalue weighted by Gasteiger charge is -2.31. The maximum Gasteiger partial charge on any atom is 0.0956 e. The van der Waals surface area contributed by atoms with E-state index in [4.69, 9.17) is 16.3 Å². The minimum absolute atomic E-state index is 0.0245. The predicted octanol–water partition coefficient (Wildman–Crippen LogP) is 4.58. The molecular formula is C16H26ClNO. The van der Waals surface area contributed by atoms with Crippen molar-refractivity contribution in [2.24, 2.45) is 0 Å². The van der Waals surface area contributed by atoms with E-state index in [0.717, 1.165) is 17.1 Å². The zero-order valence-corrected chi connectivity index (χ0v) is 13.6. The second-order valence-electron chi connectivity index (χ2n) is 6.90. The zero-order chi connectivity index (χ0) is 14.7. The smallest absolute Gasteiger partial charge is 0.0956 e. The molecule has 0 saturated heterocycles. The van der Waals surface area contributed by atoms with Gasteiger partial charge in [0.05, 0.1) is 11.7 Å². The highest BCUT2D eigenvalue weighted by Crippen LogP contribution is 2.25. The van der Waals surface area contributed by atoms with E-state index in [-0.39, 0.29) is 17.2 Å². The van der Waals surface area contributed by atoms with Crippen molar-refractivity contribution in [1.29, 1.82) is 0 Å². The summed E-state index contributed by atoms with van der Waals surface area (Å²) in [6, 6.07) is 7.88. The second-order valence-corrected chi connectivity index (χ2v) is 7.34. The molecule has 108 valence electrons. The maximum atomic E-state index is 6.15. The van der Waals surface area contributed by atoms with Gasteiger partial charge in [0.2, 0.25) is 0 Å². The van der Waals surface area contributed by atoms with E-state index in [0.29, 0.717) is 0 Å². The van der Waals surface area contributed by atoms with Crippen LogP contribution >= 0.6 is 11.6 Å². The van der Waals surface area contributed by atoms with Gasteiger partial charge in [0, 0.05) is 17.1 Å². The third-order valence-corrected chi connectivity index (χ3v) is 2.81. The highest BCUT2D eigenvalue weighted by molar-refractivity contribution is 6.30. The van der Waals surface area contributed by atoms with Crippen molar-refractivity contribution in [1.82, 2.24) is 5.32 Å². The Labute approximate surface area is 122 Å². The van der Waals surface area contributed by atoms with Gasteiger partial charge in [-0.15, -0.1) is 0 Å². The molecule has 0 spiro atoms. The Hall–Kier alpha value is -0.570. The summed E-state index contributed by atoms with van der Waals surface area (Å²) in [5.41, 5.74) is 1.05. The molecule has 2 nitrogen and oxygen atoms in total. The van der Waals surface area contributed by atoms with E-state index in [2.05, 4.69) is 46.9 Å². The van der Waals surface area contributed by atoms with Crippen molar-refractivity contribution in [2.75, 3.05) is 6.54 Å². The van der Waals surface area contributed by atoms with Crippen LogP contribution in [0.4, 0.5) is 0 Å². The quantitative estimate of drug-likeness (QED) is 0.873. The molecule has 0 aromatic heterocycles. The fourth-order valence-electron chi connectivity index (χ4n) is 1.73. The van der Waals surface area contributed by atoms with Crippen molar-refractivity contribution < 1.29 is 4.74 Å². The molecule has 1 atom stereocenters.